The van der Waals surface area contributed by atoms with Gasteiger partial charge in [0, 0.05) is 6.20 Å². The van der Waals surface area contributed by atoms with Crippen LogP contribution in [0.15, 0.2) is 29.4 Å². The number of ether oxygens (including phenoxy) is 1. The monoisotopic (exact) mass is 188 g/mol. The van der Waals surface area contributed by atoms with Crippen molar-refractivity contribution in [3.63, 3.8) is 0 Å². The van der Waals surface area contributed by atoms with E-state index in [2.05, 4.69) is 9.98 Å². The Bertz CT molecular complexity index is 510. The lowest BCUT2D eigenvalue weighted by atomic mass is 10.2. The number of nitrogens with zero attached hydrogens (tertiary/aromatic N) is 1. The molecule has 0 unspecified atom stereocenters. The third-order valence-corrected chi connectivity index (χ3v) is 2.03. The molecule has 2 aromatic rings. The highest BCUT2D eigenvalue weighted by molar-refractivity contribution is 5.96. The van der Waals surface area contributed by atoms with Crippen molar-refractivity contribution >= 4 is 22.7 Å². The molecule has 4 nitrogen and oxygen atoms in total. The van der Waals surface area contributed by atoms with E-state index in [0.29, 0.717) is 11.4 Å². The van der Waals surface area contributed by atoms with E-state index in [-0.39, 0.29) is 0 Å². The molecule has 70 valence electrons. The van der Waals surface area contributed by atoms with Gasteiger partial charge >= 0.3 is 0 Å². The zero-order valence-corrected chi connectivity index (χ0v) is 7.57. The van der Waals surface area contributed by atoms with E-state index >= 15 is 0 Å². The number of rotatable bonds is 2. The van der Waals surface area contributed by atoms with Gasteiger partial charge in [-0.2, -0.15) is 4.99 Å². The predicted octanol–water partition coefficient (Wildman–Crippen LogP) is 2.14. The number of nitrogens with one attached hydrogen (secondary N) is 1. The summed E-state index contributed by atoms with van der Waals surface area (Å²) in [6.07, 6.45) is 3.16. The van der Waals surface area contributed by atoms with Gasteiger partial charge in [0.05, 0.1) is 18.0 Å². The van der Waals surface area contributed by atoms with E-state index in [0.717, 1.165) is 10.9 Å². The molecule has 14 heavy (non-hydrogen) atoms. The minimum absolute atomic E-state index is 0.549. The number of carbonyl (C=O) groups excluding carboxylic acids is 1. The Morgan fingerprint density at radius 3 is 3.07 bits per heavy atom. The van der Waals surface area contributed by atoms with Crippen LogP contribution in [0.2, 0.25) is 0 Å². The average molecular weight is 188 g/mol. The highest BCUT2D eigenvalue weighted by Crippen LogP contribution is 2.33. The second-order valence-electron chi connectivity index (χ2n) is 2.76. The maximum Gasteiger partial charge on any atom is 0.240 e. The molecule has 0 spiro atoms. The highest BCUT2D eigenvalue weighted by Gasteiger charge is 2.07. The summed E-state index contributed by atoms with van der Waals surface area (Å²) in [5, 5.41) is 0.804. The van der Waals surface area contributed by atoms with Crippen LogP contribution in [0.3, 0.4) is 0 Å². The Labute approximate surface area is 80.2 Å². The molecule has 0 saturated heterocycles. The molecule has 0 atom stereocenters. The topological polar surface area (TPSA) is 54.4 Å². The maximum absolute atomic E-state index is 10.2. The first kappa shape index (κ1) is 8.53. The predicted molar refractivity (Wildman–Crippen MR) is 52.6 cm³/mol. The number of hydrogen-bond acceptors (Lipinski definition) is 3. The molecule has 1 heterocycles. The molecule has 0 saturated carbocycles. The summed E-state index contributed by atoms with van der Waals surface area (Å²) in [6, 6.07) is 5.58. The molecule has 0 aliphatic carbocycles. The maximum atomic E-state index is 10.2. The summed E-state index contributed by atoms with van der Waals surface area (Å²) < 4.78 is 5.16. The Morgan fingerprint density at radius 2 is 2.36 bits per heavy atom. The van der Waals surface area contributed by atoms with Gasteiger partial charge in [-0.25, -0.2) is 4.79 Å². The van der Waals surface area contributed by atoms with Crippen LogP contribution >= 0.6 is 0 Å². The summed E-state index contributed by atoms with van der Waals surface area (Å²) in [5.41, 5.74) is 1.44. The molecule has 0 amide bonds. The van der Waals surface area contributed by atoms with Crippen molar-refractivity contribution in [3.8, 4) is 5.75 Å². The molecule has 0 aliphatic rings. The van der Waals surface area contributed by atoms with E-state index in [1.54, 1.807) is 13.3 Å². The van der Waals surface area contributed by atoms with E-state index in [4.69, 9.17) is 4.74 Å². The van der Waals surface area contributed by atoms with Crippen LogP contribution in [0.5, 0.6) is 5.75 Å². The number of benzene rings is 1. The summed E-state index contributed by atoms with van der Waals surface area (Å²) in [6.45, 7) is 0. The van der Waals surface area contributed by atoms with Gasteiger partial charge in [0.25, 0.3) is 0 Å². The van der Waals surface area contributed by atoms with E-state index in [1.165, 1.54) is 6.08 Å². The first-order valence-corrected chi connectivity index (χ1v) is 4.09. The van der Waals surface area contributed by atoms with Crippen LogP contribution in [-0.2, 0) is 4.79 Å². The number of methoxy groups -OCH3 is 1. The number of H-pyrrole nitrogens is 1. The molecular weight excluding hydrogens is 180 g/mol. The van der Waals surface area contributed by atoms with Gasteiger partial charge in [0.2, 0.25) is 6.08 Å². The average Bonchev–Trinajstić information content (AvgIpc) is 2.62. The quantitative estimate of drug-likeness (QED) is 0.579. The SMILES string of the molecule is COc1cccc2[nH]cc(N=C=O)c12. The Balaban J connectivity index is 2.80. The smallest absolute Gasteiger partial charge is 0.240 e. The third-order valence-electron chi connectivity index (χ3n) is 2.03. The van der Waals surface area contributed by atoms with Gasteiger partial charge < -0.3 is 9.72 Å². The zero-order valence-electron chi connectivity index (χ0n) is 7.57. The van der Waals surface area contributed by atoms with Gasteiger partial charge in [0.1, 0.15) is 11.4 Å². The summed E-state index contributed by atoms with van der Waals surface area (Å²) >= 11 is 0. The summed E-state index contributed by atoms with van der Waals surface area (Å²) in [7, 11) is 1.58. The van der Waals surface area contributed by atoms with Crippen LogP contribution in [0.1, 0.15) is 0 Å². The van der Waals surface area contributed by atoms with Gasteiger partial charge in [0.15, 0.2) is 0 Å². The van der Waals surface area contributed by atoms with Crippen molar-refractivity contribution < 1.29 is 9.53 Å². The fraction of sp³-hybridized carbons (Fsp3) is 0.100. The fourth-order valence-electron chi connectivity index (χ4n) is 1.44. The third kappa shape index (κ3) is 1.18. The molecule has 1 aromatic heterocycles. The molecule has 1 N–H and O–H groups in total. The Hall–Kier alpha value is -2.06. The van der Waals surface area contributed by atoms with Gasteiger partial charge in [-0.05, 0) is 12.1 Å². The van der Waals surface area contributed by atoms with Crippen molar-refractivity contribution in [3.05, 3.63) is 24.4 Å². The van der Waals surface area contributed by atoms with Crippen molar-refractivity contribution in [2.45, 2.75) is 0 Å². The normalized spacial score (nSPS) is 9.79. The lowest BCUT2D eigenvalue weighted by Crippen LogP contribution is -1.82. The second kappa shape index (κ2) is 3.36. The standard InChI is InChI=1S/C10H8N2O2/c1-14-9-4-2-3-7-10(9)8(5-11-7)12-6-13/h2-5,11H,1H3. The fourth-order valence-corrected chi connectivity index (χ4v) is 1.44. The van der Waals surface area contributed by atoms with Crippen LogP contribution in [0, 0.1) is 0 Å². The van der Waals surface area contributed by atoms with Gasteiger partial charge in [-0.3, -0.25) is 0 Å². The van der Waals surface area contributed by atoms with E-state index < -0.39 is 0 Å². The highest BCUT2D eigenvalue weighted by atomic mass is 16.5. The van der Waals surface area contributed by atoms with Crippen LogP contribution in [0.4, 0.5) is 5.69 Å². The molecule has 0 aliphatic heterocycles. The number of aliphatic imine (C=N–C) groups is 1. The van der Waals surface area contributed by atoms with Crippen molar-refractivity contribution in [2.75, 3.05) is 7.11 Å². The molecular formula is C10H8N2O2. The van der Waals surface area contributed by atoms with E-state index in [9.17, 15) is 4.79 Å². The summed E-state index contributed by atoms with van der Waals surface area (Å²) in [5.74, 6) is 0.692. The van der Waals surface area contributed by atoms with Crippen molar-refractivity contribution in [2.24, 2.45) is 4.99 Å². The van der Waals surface area contributed by atoms with Crippen molar-refractivity contribution in [1.29, 1.82) is 0 Å². The number of aromatic amines is 1. The summed E-state index contributed by atoms with van der Waals surface area (Å²) in [4.78, 5) is 16.8. The molecule has 2 rings (SSSR count). The number of isocyanates is 1. The van der Waals surface area contributed by atoms with Crippen LogP contribution < -0.4 is 4.74 Å². The van der Waals surface area contributed by atoms with E-state index in [1.807, 2.05) is 18.2 Å². The number of fused-ring (bicyclic) bond motifs is 1. The first-order valence-electron chi connectivity index (χ1n) is 4.09. The number of aromatic nitrogens is 1. The molecule has 0 bridgehead atoms. The zero-order chi connectivity index (χ0) is 9.97. The lowest BCUT2D eigenvalue weighted by molar-refractivity contribution is 0.420. The van der Waals surface area contributed by atoms with Crippen LogP contribution in [-0.4, -0.2) is 18.2 Å². The Morgan fingerprint density at radius 1 is 1.50 bits per heavy atom. The van der Waals surface area contributed by atoms with Crippen LogP contribution in [0.25, 0.3) is 10.9 Å². The molecule has 0 fully saturated rings. The molecule has 4 heteroatoms. The largest absolute Gasteiger partial charge is 0.496 e. The Kier molecular flexibility index (Phi) is 2.05. The molecule has 0 radical (unpaired) electrons. The first-order chi connectivity index (χ1) is 6.86. The minimum Gasteiger partial charge on any atom is -0.496 e. The van der Waals surface area contributed by atoms with Crippen molar-refractivity contribution in [1.82, 2.24) is 4.98 Å². The minimum atomic E-state index is 0.549. The number of hydrogen-bond donors (Lipinski definition) is 1. The second-order valence-corrected chi connectivity index (χ2v) is 2.76. The van der Waals surface area contributed by atoms with Gasteiger partial charge in [-0.15, -0.1) is 0 Å². The lowest BCUT2D eigenvalue weighted by Gasteiger charge is -2.00. The van der Waals surface area contributed by atoms with Gasteiger partial charge in [-0.1, -0.05) is 6.07 Å². The molecule has 1 aromatic carbocycles.